The van der Waals surface area contributed by atoms with E-state index in [1.807, 2.05) is 0 Å². The molecule has 1 aliphatic heterocycles. The summed E-state index contributed by atoms with van der Waals surface area (Å²) in [5.74, 6) is -2.40. The Kier molecular flexibility index (Phi) is 4.69. The fourth-order valence-electron chi connectivity index (χ4n) is 2.31. The molecular formula is C17H14F2N4O2. The van der Waals surface area contributed by atoms with Gasteiger partial charge in [0.25, 0.3) is 11.8 Å². The highest BCUT2D eigenvalue weighted by molar-refractivity contribution is 6.39. The zero-order valence-corrected chi connectivity index (χ0v) is 13.0. The van der Waals surface area contributed by atoms with Gasteiger partial charge in [-0.25, -0.2) is 13.8 Å². The Hall–Kier alpha value is -3.29. The minimum atomic E-state index is -0.724. The van der Waals surface area contributed by atoms with Crippen LogP contribution in [0, 0.1) is 11.6 Å². The number of nitrogens with zero attached hydrogens (tertiary/aromatic N) is 2. The van der Waals surface area contributed by atoms with Crippen LogP contribution in [0.25, 0.3) is 0 Å². The van der Waals surface area contributed by atoms with Crippen LogP contribution in [-0.2, 0) is 16.1 Å². The maximum atomic E-state index is 13.2. The quantitative estimate of drug-likeness (QED) is 0.883. The molecule has 0 radical (unpaired) electrons. The number of amidine groups is 1. The number of para-hydroxylation sites is 1. The number of anilines is 1. The topological polar surface area (TPSA) is 73.8 Å². The molecule has 0 aliphatic carbocycles. The Morgan fingerprint density at radius 3 is 2.52 bits per heavy atom. The van der Waals surface area contributed by atoms with Gasteiger partial charge in [-0.05, 0) is 29.8 Å². The fourth-order valence-corrected chi connectivity index (χ4v) is 2.31. The molecule has 0 bridgehead atoms. The molecule has 0 saturated heterocycles. The number of carbonyl (C=O) groups excluding carboxylic acids is 2. The first-order valence-electron chi connectivity index (χ1n) is 7.45. The SMILES string of the molecule is O=C(NCc1cc(F)cc(F)c1)C1=NCC(=O)N(c2ccccc2)N1. The van der Waals surface area contributed by atoms with E-state index in [2.05, 4.69) is 15.7 Å². The molecule has 128 valence electrons. The van der Waals surface area contributed by atoms with Crippen molar-refractivity contribution < 1.29 is 18.4 Å². The van der Waals surface area contributed by atoms with Crippen LogP contribution in [0.3, 0.4) is 0 Å². The first-order valence-corrected chi connectivity index (χ1v) is 7.45. The van der Waals surface area contributed by atoms with Crippen molar-refractivity contribution in [2.24, 2.45) is 4.99 Å². The second-order valence-corrected chi connectivity index (χ2v) is 5.30. The van der Waals surface area contributed by atoms with E-state index >= 15 is 0 Å². The average molecular weight is 344 g/mol. The molecule has 2 amide bonds. The van der Waals surface area contributed by atoms with Gasteiger partial charge in [-0.1, -0.05) is 18.2 Å². The van der Waals surface area contributed by atoms with Crippen LogP contribution in [-0.4, -0.2) is 24.2 Å². The van der Waals surface area contributed by atoms with Crippen molar-refractivity contribution in [3.63, 3.8) is 0 Å². The Bertz CT molecular complexity index is 820. The number of carbonyl (C=O) groups is 2. The van der Waals surface area contributed by atoms with E-state index in [4.69, 9.17) is 0 Å². The van der Waals surface area contributed by atoms with Gasteiger partial charge >= 0.3 is 0 Å². The molecular weight excluding hydrogens is 330 g/mol. The summed E-state index contributed by atoms with van der Waals surface area (Å²) in [7, 11) is 0. The maximum Gasteiger partial charge on any atom is 0.288 e. The van der Waals surface area contributed by atoms with Crippen LogP contribution in [0.4, 0.5) is 14.5 Å². The van der Waals surface area contributed by atoms with E-state index in [0.717, 1.165) is 18.2 Å². The highest BCUT2D eigenvalue weighted by Gasteiger charge is 2.25. The number of nitrogens with one attached hydrogen (secondary N) is 2. The Morgan fingerprint density at radius 1 is 1.16 bits per heavy atom. The van der Waals surface area contributed by atoms with Crippen LogP contribution in [0.2, 0.25) is 0 Å². The Labute approximate surface area is 142 Å². The lowest BCUT2D eigenvalue weighted by Gasteiger charge is -2.27. The van der Waals surface area contributed by atoms with Gasteiger partial charge in [-0.15, -0.1) is 0 Å². The third-order valence-corrected chi connectivity index (χ3v) is 3.44. The third-order valence-electron chi connectivity index (χ3n) is 3.44. The Balaban J connectivity index is 1.67. The summed E-state index contributed by atoms with van der Waals surface area (Å²) in [6, 6.07) is 11.7. The van der Waals surface area contributed by atoms with Gasteiger partial charge in [-0.2, -0.15) is 0 Å². The van der Waals surface area contributed by atoms with Crippen molar-refractivity contribution >= 4 is 23.3 Å². The molecule has 1 aliphatic rings. The molecule has 2 aromatic carbocycles. The monoisotopic (exact) mass is 344 g/mol. The van der Waals surface area contributed by atoms with E-state index < -0.39 is 17.5 Å². The van der Waals surface area contributed by atoms with Gasteiger partial charge in [-0.3, -0.25) is 20.0 Å². The van der Waals surface area contributed by atoms with Crippen LogP contribution in [0.1, 0.15) is 5.56 Å². The summed E-state index contributed by atoms with van der Waals surface area (Å²) >= 11 is 0. The molecule has 2 N–H and O–H groups in total. The van der Waals surface area contributed by atoms with Gasteiger partial charge in [0.1, 0.15) is 18.2 Å². The van der Waals surface area contributed by atoms with Crippen LogP contribution in [0.5, 0.6) is 0 Å². The first-order chi connectivity index (χ1) is 12.0. The van der Waals surface area contributed by atoms with E-state index in [1.165, 1.54) is 5.01 Å². The van der Waals surface area contributed by atoms with E-state index in [1.54, 1.807) is 30.3 Å². The second kappa shape index (κ2) is 7.08. The van der Waals surface area contributed by atoms with Crippen molar-refractivity contribution in [2.45, 2.75) is 6.54 Å². The molecule has 0 unspecified atom stereocenters. The van der Waals surface area contributed by atoms with E-state index in [-0.39, 0.29) is 30.4 Å². The van der Waals surface area contributed by atoms with Crippen molar-refractivity contribution in [3.8, 4) is 0 Å². The standard InChI is InChI=1S/C17H14F2N4O2/c18-12-6-11(7-13(19)8-12)9-21-17(25)16-20-10-15(24)23(22-16)14-4-2-1-3-5-14/h1-8H,9-10H2,(H,20,22)(H,21,25). The van der Waals surface area contributed by atoms with Crippen molar-refractivity contribution in [1.82, 2.24) is 10.7 Å². The number of hydrogen-bond donors (Lipinski definition) is 2. The summed E-state index contributed by atoms with van der Waals surface area (Å²) in [5, 5.41) is 3.73. The van der Waals surface area contributed by atoms with E-state index in [0.29, 0.717) is 5.69 Å². The van der Waals surface area contributed by atoms with Gasteiger partial charge < -0.3 is 5.32 Å². The zero-order chi connectivity index (χ0) is 17.8. The van der Waals surface area contributed by atoms with Crippen molar-refractivity contribution in [2.75, 3.05) is 11.6 Å². The lowest BCUT2D eigenvalue weighted by molar-refractivity contribution is -0.118. The molecule has 0 aromatic heterocycles. The molecule has 1 heterocycles. The Morgan fingerprint density at radius 2 is 1.84 bits per heavy atom. The number of rotatable bonds is 4. The lowest BCUT2D eigenvalue weighted by atomic mass is 10.2. The molecule has 0 saturated carbocycles. The van der Waals surface area contributed by atoms with Gasteiger partial charge in [0.05, 0.1) is 5.69 Å². The van der Waals surface area contributed by atoms with Crippen LogP contribution in [0.15, 0.2) is 53.5 Å². The minimum absolute atomic E-state index is 0.0553. The van der Waals surface area contributed by atoms with Gasteiger partial charge in [0.2, 0.25) is 5.84 Å². The summed E-state index contributed by atoms with van der Waals surface area (Å²) in [6.45, 7) is -0.257. The fraction of sp³-hybridized carbons (Fsp3) is 0.118. The van der Waals surface area contributed by atoms with Crippen LogP contribution >= 0.6 is 0 Å². The minimum Gasteiger partial charge on any atom is -0.345 e. The van der Waals surface area contributed by atoms with Crippen molar-refractivity contribution in [3.05, 3.63) is 65.7 Å². The highest BCUT2D eigenvalue weighted by Crippen LogP contribution is 2.13. The maximum absolute atomic E-state index is 13.2. The predicted octanol–water partition coefficient (Wildman–Crippen LogP) is 1.53. The number of hydrogen-bond acceptors (Lipinski definition) is 4. The lowest BCUT2D eigenvalue weighted by Crippen LogP contribution is -2.55. The van der Waals surface area contributed by atoms with E-state index in [9.17, 15) is 18.4 Å². The summed E-state index contributed by atoms with van der Waals surface area (Å²) in [4.78, 5) is 28.0. The highest BCUT2D eigenvalue weighted by atomic mass is 19.1. The number of amides is 2. The molecule has 25 heavy (non-hydrogen) atoms. The molecule has 3 rings (SSSR count). The largest absolute Gasteiger partial charge is 0.345 e. The van der Waals surface area contributed by atoms with Gasteiger partial charge in [0.15, 0.2) is 0 Å². The smallest absolute Gasteiger partial charge is 0.288 e. The zero-order valence-electron chi connectivity index (χ0n) is 13.0. The van der Waals surface area contributed by atoms with Crippen molar-refractivity contribution in [1.29, 1.82) is 0 Å². The molecule has 0 spiro atoms. The first kappa shape index (κ1) is 16.6. The predicted molar refractivity (Wildman–Crippen MR) is 87.6 cm³/mol. The number of benzene rings is 2. The summed E-state index contributed by atoms with van der Waals surface area (Å²) in [5.41, 5.74) is 3.50. The molecule has 0 fully saturated rings. The summed E-state index contributed by atoms with van der Waals surface area (Å²) < 4.78 is 26.3. The second-order valence-electron chi connectivity index (χ2n) is 5.30. The average Bonchev–Trinajstić information content (AvgIpc) is 2.60. The third kappa shape index (κ3) is 3.97. The number of hydrazine groups is 1. The molecule has 6 nitrogen and oxygen atoms in total. The normalized spacial score (nSPS) is 13.9. The number of aliphatic imine (C=N–C) groups is 1. The molecule has 0 atom stereocenters. The molecule has 8 heteroatoms. The number of halogens is 2. The van der Waals surface area contributed by atoms with Gasteiger partial charge in [0, 0.05) is 12.6 Å². The van der Waals surface area contributed by atoms with Crippen LogP contribution < -0.4 is 15.8 Å². The summed E-state index contributed by atoms with van der Waals surface area (Å²) in [6.07, 6.45) is 0. The molecule has 2 aromatic rings.